The number of nitrogens with zero attached hydrogens (tertiary/aromatic N) is 1. The second-order valence-electron chi connectivity index (χ2n) is 5.33. The van der Waals surface area contributed by atoms with E-state index in [1.807, 2.05) is 36.4 Å². The molecule has 0 atom stereocenters. The third kappa shape index (κ3) is 3.43. The first kappa shape index (κ1) is 13.7. The molecule has 1 aliphatic rings. The Hall–Kier alpha value is -2.29. The fourth-order valence-corrected chi connectivity index (χ4v) is 2.67. The van der Waals surface area contributed by atoms with E-state index in [1.54, 1.807) is 4.90 Å². The third-order valence-electron chi connectivity index (χ3n) is 3.82. The van der Waals surface area contributed by atoms with Crippen LogP contribution in [0.25, 0.3) is 0 Å². The number of hydrogen-bond donors (Lipinski definition) is 0. The Kier molecular flexibility index (Phi) is 4.20. The summed E-state index contributed by atoms with van der Waals surface area (Å²) in [7, 11) is 0. The monoisotopic (exact) mass is 281 g/mol. The van der Waals surface area contributed by atoms with Gasteiger partial charge in [0.25, 0.3) is 0 Å². The van der Waals surface area contributed by atoms with Crippen LogP contribution in [0.15, 0.2) is 54.6 Å². The van der Waals surface area contributed by atoms with Crippen molar-refractivity contribution in [2.24, 2.45) is 0 Å². The molecular weight excluding hydrogens is 262 g/mol. The summed E-state index contributed by atoms with van der Waals surface area (Å²) in [5, 5.41) is 0. The van der Waals surface area contributed by atoms with E-state index in [9.17, 15) is 4.79 Å². The topological polar surface area (TPSA) is 29.5 Å². The number of fused-ring (bicyclic) bond motifs is 1. The van der Waals surface area contributed by atoms with Crippen LogP contribution in [0.5, 0.6) is 0 Å². The van der Waals surface area contributed by atoms with Crippen molar-refractivity contribution < 1.29 is 9.53 Å². The lowest BCUT2D eigenvalue weighted by Gasteiger charge is -2.20. The van der Waals surface area contributed by atoms with Crippen LogP contribution >= 0.6 is 0 Å². The molecule has 1 aliphatic heterocycles. The molecule has 0 N–H and O–H groups in total. The van der Waals surface area contributed by atoms with Gasteiger partial charge in [0.1, 0.15) is 6.61 Å². The lowest BCUT2D eigenvalue weighted by atomic mass is 10.0. The van der Waals surface area contributed by atoms with Crippen LogP contribution in [0.3, 0.4) is 0 Å². The van der Waals surface area contributed by atoms with Gasteiger partial charge in [0.05, 0.1) is 0 Å². The van der Waals surface area contributed by atoms with Crippen LogP contribution in [0, 0.1) is 0 Å². The van der Waals surface area contributed by atoms with Crippen LogP contribution in [-0.4, -0.2) is 17.5 Å². The van der Waals surface area contributed by atoms with Gasteiger partial charge < -0.3 is 9.64 Å². The molecule has 0 radical (unpaired) electrons. The average molecular weight is 281 g/mol. The Balaban J connectivity index is 1.63. The minimum atomic E-state index is -0.226. The maximum atomic E-state index is 12.2. The lowest BCUT2D eigenvalue weighted by molar-refractivity contribution is 0.0942. The molecule has 0 saturated carbocycles. The molecule has 108 valence electrons. The number of rotatable bonds is 2. The van der Waals surface area contributed by atoms with E-state index in [4.69, 9.17) is 4.74 Å². The maximum absolute atomic E-state index is 12.2. The summed E-state index contributed by atoms with van der Waals surface area (Å²) in [6.07, 6.45) is 1.78. The van der Waals surface area contributed by atoms with E-state index >= 15 is 0 Å². The van der Waals surface area contributed by atoms with Crippen LogP contribution in [0.1, 0.15) is 23.1 Å². The van der Waals surface area contributed by atoms with Gasteiger partial charge in [0.2, 0.25) is 0 Å². The molecule has 0 aliphatic carbocycles. The Labute approximate surface area is 125 Å². The fourth-order valence-electron chi connectivity index (χ4n) is 2.67. The molecule has 2 aromatic rings. The van der Waals surface area contributed by atoms with Gasteiger partial charge >= 0.3 is 6.09 Å². The van der Waals surface area contributed by atoms with E-state index in [-0.39, 0.29) is 6.09 Å². The molecule has 0 unspecified atom stereocenters. The first-order valence-corrected chi connectivity index (χ1v) is 7.35. The second kappa shape index (κ2) is 6.44. The van der Waals surface area contributed by atoms with Crippen molar-refractivity contribution >= 4 is 6.09 Å². The van der Waals surface area contributed by atoms with Crippen molar-refractivity contribution in [2.45, 2.75) is 26.0 Å². The quantitative estimate of drug-likeness (QED) is 0.838. The Morgan fingerprint density at radius 3 is 2.52 bits per heavy atom. The van der Waals surface area contributed by atoms with Crippen molar-refractivity contribution in [1.82, 2.24) is 4.90 Å². The minimum Gasteiger partial charge on any atom is -0.445 e. The average Bonchev–Trinajstić information content (AvgIpc) is 2.76. The van der Waals surface area contributed by atoms with Crippen LogP contribution in [0.4, 0.5) is 4.79 Å². The van der Waals surface area contributed by atoms with Crippen LogP contribution in [-0.2, 0) is 24.3 Å². The summed E-state index contributed by atoms with van der Waals surface area (Å²) >= 11 is 0. The van der Waals surface area contributed by atoms with Crippen LogP contribution < -0.4 is 0 Å². The van der Waals surface area contributed by atoms with Gasteiger partial charge in [-0.25, -0.2) is 4.79 Å². The molecule has 0 bridgehead atoms. The van der Waals surface area contributed by atoms with E-state index in [2.05, 4.69) is 18.2 Å². The zero-order valence-corrected chi connectivity index (χ0v) is 12.0. The molecule has 3 nitrogen and oxygen atoms in total. The number of aryl methyl sites for hydroxylation is 1. The van der Waals surface area contributed by atoms with Crippen molar-refractivity contribution in [3.05, 3.63) is 71.3 Å². The summed E-state index contributed by atoms with van der Waals surface area (Å²) in [6, 6.07) is 18.1. The summed E-state index contributed by atoms with van der Waals surface area (Å²) in [5.74, 6) is 0. The largest absolute Gasteiger partial charge is 0.445 e. The normalized spacial score (nSPS) is 14.2. The van der Waals surface area contributed by atoms with Crippen molar-refractivity contribution in [1.29, 1.82) is 0 Å². The number of carbonyl (C=O) groups excluding carboxylic acids is 1. The van der Waals surface area contributed by atoms with Crippen molar-refractivity contribution in [3.8, 4) is 0 Å². The molecule has 3 rings (SSSR count). The summed E-state index contributed by atoms with van der Waals surface area (Å²) in [5.41, 5.74) is 3.59. The SMILES string of the molecule is O=C(OCc1ccccc1)N1CCCc2ccccc2C1. The Morgan fingerprint density at radius 1 is 1.00 bits per heavy atom. The molecule has 0 fully saturated rings. The number of carbonyl (C=O) groups is 1. The molecule has 0 spiro atoms. The maximum Gasteiger partial charge on any atom is 0.410 e. The molecule has 1 heterocycles. The molecular formula is C18H19NO2. The van der Waals surface area contributed by atoms with Crippen molar-refractivity contribution in [2.75, 3.05) is 6.54 Å². The van der Waals surface area contributed by atoms with E-state index in [1.165, 1.54) is 11.1 Å². The minimum absolute atomic E-state index is 0.226. The highest BCUT2D eigenvalue weighted by atomic mass is 16.6. The number of hydrogen-bond acceptors (Lipinski definition) is 2. The standard InChI is InChI=1S/C18H19NO2/c20-18(21-14-15-7-2-1-3-8-15)19-12-6-11-16-9-4-5-10-17(16)13-19/h1-5,7-10H,6,11-14H2. The van der Waals surface area contributed by atoms with Crippen molar-refractivity contribution in [3.63, 3.8) is 0 Å². The Morgan fingerprint density at radius 2 is 1.71 bits per heavy atom. The predicted molar refractivity (Wildman–Crippen MR) is 81.8 cm³/mol. The van der Waals surface area contributed by atoms with E-state index < -0.39 is 0 Å². The fraction of sp³-hybridized carbons (Fsp3) is 0.278. The van der Waals surface area contributed by atoms with Gasteiger partial charge in [-0.3, -0.25) is 0 Å². The highest BCUT2D eigenvalue weighted by Crippen LogP contribution is 2.19. The zero-order valence-electron chi connectivity index (χ0n) is 12.0. The highest BCUT2D eigenvalue weighted by Gasteiger charge is 2.19. The summed E-state index contributed by atoms with van der Waals surface area (Å²) < 4.78 is 5.43. The number of benzene rings is 2. The molecule has 0 aromatic heterocycles. The van der Waals surface area contributed by atoms with E-state index in [0.29, 0.717) is 13.2 Å². The number of ether oxygens (including phenoxy) is 1. The first-order valence-electron chi connectivity index (χ1n) is 7.35. The molecule has 21 heavy (non-hydrogen) atoms. The molecule has 2 aromatic carbocycles. The van der Waals surface area contributed by atoms with Gasteiger partial charge in [0, 0.05) is 13.1 Å². The predicted octanol–water partition coefficient (Wildman–Crippen LogP) is 3.77. The number of amides is 1. The summed E-state index contributed by atoms with van der Waals surface area (Å²) in [6.45, 7) is 1.73. The second-order valence-corrected chi connectivity index (χ2v) is 5.33. The van der Waals surface area contributed by atoms with Gasteiger partial charge in [-0.1, -0.05) is 54.6 Å². The zero-order chi connectivity index (χ0) is 14.5. The smallest absolute Gasteiger partial charge is 0.410 e. The summed E-state index contributed by atoms with van der Waals surface area (Å²) in [4.78, 5) is 14.0. The van der Waals surface area contributed by atoms with Gasteiger partial charge in [-0.05, 0) is 29.5 Å². The van der Waals surface area contributed by atoms with E-state index in [0.717, 1.165) is 24.9 Å². The third-order valence-corrected chi connectivity index (χ3v) is 3.82. The Bertz CT molecular complexity index is 610. The molecule has 0 saturated heterocycles. The lowest BCUT2D eigenvalue weighted by Crippen LogP contribution is -2.31. The van der Waals surface area contributed by atoms with Gasteiger partial charge in [-0.2, -0.15) is 0 Å². The first-order chi connectivity index (χ1) is 10.3. The highest BCUT2D eigenvalue weighted by molar-refractivity contribution is 5.67. The molecule has 1 amide bonds. The van der Waals surface area contributed by atoms with Gasteiger partial charge in [0.15, 0.2) is 0 Å². The van der Waals surface area contributed by atoms with Gasteiger partial charge in [-0.15, -0.1) is 0 Å². The van der Waals surface area contributed by atoms with Crippen LogP contribution in [0.2, 0.25) is 0 Å². The molecule has 3 heteroatoms.